The number of nitrogens with one attached hydrogen (secondary N) is 1. The summed E-state index contributed by atoms with van der Waals surface area (Å²) in [5.74, 6) is 0.611. The van der Waals surface area contributed by atoms with Crippen LogP contribution in [0.4, 0.5) is 0 Å². The van der Waals surface area contributed by atoms with Crippen LogP contribution < -0.4 is 10.1 Å². The average Bonchev–Trinajstić information content (AvgIpc) is 2.83. The van der Waals surface area contributed by atoms with E-state index in [1.54, 1.807) is 25.3 Å². The van der Waals surface area contributed by atoms with Gasteiger partial charge >= 0.3 is 0 Å². The zero-order chi connectivity index (χ0) is 21.1. The number of sulfone groups is 1. The van der Waals surface area contributed by atoms with E-state index in [1.807, 2.05) is 37.3 Å². The van der Waals surface area contributed by atoms with Crippen molar-refractivity contribution >= 4 is 9.84 Å². The van der Waals surface area contributed by atoms with Gasteiger partial charge in [-0.2, -0.15) is 0 Å². The van der Waals surface area contributed by atoms with Crippen molar-refractivity contribution in [1.82, 2.24) is 5.32 Å². The first-order chi connectivity index (χ1) is 13.9. The Balaban J connectivity index is 2.30. The van der Waals surface area contributed by atoms with Crippen molar-refractivity contribution < 1.29 is 18.3 Å². The molecular weight excluding hydrogens is 386 g/mol. The van der Waals surface area contributed by atoms with E-state index in [4.69, 9.17) is 4.74 Å². The first kappa shape index (κ1) is 21.8. The normalized spacial score (nSPS) is 25.8. The summed E-state index contributed by atoms with van der Waals surface area (Å²) in [5, 5.41) is 13.0. The predicted molar refractivity (Wildman–Crippen MR) is 115 cm³/mol. The molecule has 3 atom stereocenters. The first-order valence-electron chi connectivity index (χ1n) is 10.3. The second-order valence-corrected chi connectivity index (χ2v) is 9.82. The summed E-state index contributed by atoms with van der Waals surface area (Å²) in [7, 11) is -2.18. The molecule has 2 aromatic rings. The van der Waals surface area contributed by atoms with Crippen molar-refractivity contribution in [3.05, 3.63) is 59.7 Å². The Hall–Kier alpha value is -1.89. The van der Waals surface area contributed by atoms with Crippen LogP contribution in [-0.2, 0) is 9.84 Å². The minimum absolute atomic E-state index is 0.269. The van der Waals surface area contributed by atoms with Crippen LogP contribution >= 0.6 is 0 Å². The van der Waals surface area contributed by atoms with Crippen molar-refractivity contribution in [2.45, 2.75) is 61.3 Å². The summed E-state index contributed by atoms with van der Waals surface area (Å²) in [6, 6.07) is 14.7. The molecule has 0 aromatic heterocycles. The highest BCUT2D eigenvalue weighted by molar-refractivity contribution is 7.92. The summed E-state index contributed by atoms with van der Waals surface area (Å²) in [6.45, 7) is 3.68. The molecule has 158 valence electrons. The molecule has 0 aliphatic carbocycles. The lowest BCUT2D eigenvalue weighted by Gasteiger charge is -2.40. The van der Waals surface area contributed by atoms with E-state index >= 15 is 0 Å². The van der Waals surface area contributed by atoms with Crippen molar-refractivity contribution in [1.29, 1.82) is 0 Å². The minimum atomic E-state index is -3.75. The van der Waals surface area contributed by atoms with Gasteiger partial charge in [-0.3, -0.25) is 5.32 Å². The largest absolute Gasteiger partial charge is 0.497 e. The number of rotatable bonds is 7. The Kier molecular flexibility index (Phi) is 6.66. The number of aliphatic hydroxyl groups is 1. The SMILES string of the molecule is CCCC[C@@]1(CC)N[C@H](c2ccccc2)c2cc(OC)ccc2S(=O)(=O)C1CO. The van der Waals surface area contributed by atoms with Gasteiger partial charge in [-0.15, -0.1) is 0 Å². The summed E-state index contributed by atoms with van der Waals surface area (Å²) in [5.41, 5.74) is 0.932. The number of hydrogen-bond donors (Lipinski definition) is 2. The Morgan fingerprint density at radius 1 is 1.14 bits per heavy atom. The minimum Gasteiger partial charge on any atom is -0.497 e. The number of unbranched alkanes of at least 4 members (excludes halogenated alkanes) is 1. The third-order valence-corrected chi connectivity index (χ3v) is 8.50. The molecule has 0 amide bonds. The molecule has 0 fully saturated rings. The topological polar surface area (TPSA) is 75.6 Å². The highest BCUT2D eigenvalue weighted by Gasteiger charge is 2.49. The number of fused-ring (bicyclic) bond motifs is 1. The van der Waals surface area contributed by atoms with Crippen LogP contribution in [0.3, 0.4) is 0 Å². The van der Waals surface area contributed by atoms with Crippen molar-refractivity contribution in [2.75, 3.05) is 13.7 Å². The second-order valence-electron chi connectivity index (χ2n) is 7.72. The molecule has 0 bridgehead atoms. The molecule has 1 aliphatic rings. The Morgan fingerprint density at radius 3 is 2.45 bits per heavy atom. The molecule has 0 saturated heterocycles. The second kappa shape index (κ2) is 8.86. The number of hydrogen-bond acceptors (Lipinski definition) is 5. The molecule has 2 N–H and O–H groups in total. The van der Waals surface area contributed by atoms with E-state index in [1.165, 1.54) is 0 Å². The quantitative estimate of drug-likeness (QED) is 0.715. The van der Waals surface area contributed by atoms with Gasteiger partial charge in [-0.1, -0.05) is 57.0 Å². The zero-order valence-electron chi connectivity index (χ0n) is 17.4. The van der Waals surface area contributed by atoms with Gasteiger partial charge in [0.25, 0.3) is 0 Å². The number of methoxy groups -OCH3 is 1. The van der Waals surface area contributed by atoms with Crippen molar-refractivity contribution in [3.63, 3.8) is 0 Å². The molecule has 29 heavy (non-hydrogen) atoms. The number of ether oxygens (including phenoxy) is 1. The Bertz CT molecular complexity index is 929. The molecule has 1 heterocycles. The summed E-state index contributed by atoms with van der Waals surface area (Å²) in [4.78, 5) is 0.269. The Morgan fingerprint density at radius 2 is 1.86 bits per heavy atom. The van der Waals surface area contributed by atoms with Crippen LogP contribution in [0.5, 0.6) is 5.75 Å². The van der Waals surface area contributed by atoms with Crippen LogP contribution in [-0.4, -0.2) is 38.0 Å². The van der Waals surface area contributed by atoms with Crippen molar-refractivity contribution in [2.24, 2.45) is 0 Å². The lowest BCUT2D eigenvalue weighted by atomic mass is 9.83. The molecule has 1 aliphatic heterocycles. The van der Waals surface area contributed by atoms with E-state index in [2.05, 4.69) is 12.2 Å². The molecule has 1 unspecified atom stereocenters. The van der Waals surface area contributed by atoms with E-state index in [0.29, 0.717) is 24.2 Å². The Labute approximate surface area is 174 Å². The average molecular weight is 418 g/mol. The molecule has 6 heteroatoms. The van der Waals surface area contributed by atoms with Gasteiger partial charge in [0.1, 0.15) is 11.0 Å². The van der Waals surface area contributed by atoms with Gasteiger partial charge < -0.3 is 9.84 Å². The van der Waals surface area contributed by atoms with Gasteiger partial charge in [-0.25, -0.2) is 8.42 Å². The number of benzene rings is 2. The summed E-state index contributed by atoms with van der Waals surface area (Å²) in [6.07, 6.45) is 3.12. The predicted octanol–water partition coefficient (Wildman–Crippen LogP) is 3.86. The van der Waals surface area contributed by atoms with Gasteiger partial charge in [0.2, 0.25) is 0 Å². The zero-order valence-corrected chi connectivity index (χ0v) is 18.2. The molecule has 0 spiro atoms. The lowest BCUT2D eigenvalue weighted by molar-refractivity contribution is 0.187. The van der Waals surface area contributed by atoms with Crippen LogP contribution in [0.25, 0.3) is 0 Å². The third-order valence-electron chi connectivity index (χ3n) is 6.16. The van der Waals surface area contributed by atoms with Crippen LogP contribution in [0.2, 0.25) is 0 Å². The molecule has 2 aromatic carbocycles. The lowest BCUT2D eigenvalue weighted by Crippen LogP contribution is -2.57. The maximum absolute atomic E-state index is 13.7. The first-order valence-corrected chi connectivity index (χ1v) is 11.8. The van der Waals surface area contributed by atoms with Gasteiger partial charge in [0, 0.05) is 5.54 Å². The standard InChI is InChI=1S/C23H31NO4S/c1-4-6-14-23(5-2)21(16-25)29(26,27)20-13-12-18(28-3)15-19(20)22(24-23)17-10-8-7-9-11-17/h7-13,15,21-22,24-25H,4-6,14,16H2,1-3H3/t21?,22-,23-/m1/s1. The van der Waals surface area contributed by atoms with Crippen LogP contribution in [0.15, 0.2) is 53.4 Å². The molecule has 3 rings (SSSR count). The highest BCUT2D eigenvalue weighted by Crippen LogP contribution is 2.42. The van der Waals surface area contributed by atoms with Gasteiger partial charge in [-0.05, 0) is 42.2 Å². The molecular formula is C23H31NO4S. The fourth-order valence-electron chi connectivity index (χ4n) is 4.46. The van der Waals surface area contributed by atoms with E-state index in [-0.39, 0.29) is 10.9 Å². The summed E-state index contributed by atoms with van der Waals surface area (Å²) < 4.78 is 32.9. The monoisotopic (exact) mass is 417 g/mol. The highest BCUT2D eigenvalue weighted by atomic mass is 32.2. The van der Waals surface area contributed by atoms with E-state index in [0.717, 1.165) is 18.4 Å². The maximum atomic E-state index is 13.7. The van der Waals surface area contributed by atoms with E-state index in [9.17, 15) is 13.5 Å². The van der Waals surface area contributed by atoms with Gasteiger partial charge in [0.15, 0.2) is 9.84 Å². The fraction of sp³-hybridized carbons (Fsp3) is 0.478. The maximum Gasteiger partial charge on any atom is 0.185 e. The number of aliphatic hydroxyl groups excluding tert-OH is 1. The smallest absolute Gasteiger partial charge is 0.185 e. The fourth-order valence-corrected chi connectivity index (χ4v) is 6.67. The van der Waals surface area contributed by atoms with Gasteiger partial charge in [0.05, 0.1) is 24.7 Å². The summed E-state index contributed by atoms with van der Waals surface area (Å²) >= 11 is 0. The molecule has 5 nitrogen and oxygen atoms in total. The molecule has 0 saturated carbocycles. The van der Waals surface area contributed by atoms with Crippen molar-refractivity contribution in [3.8, 4) is 5.75 Å². The molecule has 0 radical (unpaired) electrons. The third kappa shape index (κ3) is 3.93. The van der Waals surface area contributed by atoms with Crippen LogP contribution in [0.1, 0.15) is 56.7 Å². The van der Waals surface area contributed by atoms with E-state index < -0.39 is 27.2 Å². The van der Waals surface area contributed by atoms with Crippen LogP contribution in [0, 0.1) is 0 Å².